The molecular formula is C19H26FNO3. The van der Waals surface area contributed by atoms with Gasteiger partial charge in [0.05, 0.1) is 12.7 Å². The summed E-state index contributed by atoms with van der Waals surface area (Å²) in [5.41, 5.74) is 0. The molecule has 5 heteroatoms. The number of nitrogens with zero attached hydrogens (tertiary/aromatic N) is 1. The van der Waals surface area contributed by atoms with Gasteiger partial charge in [0.1, 0.15) is 11.6 Å². The van der Waals surface area contributed by atoms with Crippen LogP contribution in [-0.4, -0.2) is 41.7 Å². The maximum atomic E-state index is 12.9. The molecule has 24 heavy (non-hydrogen) atoms. The number of aliphatic hydroxyl groups is 1. The molecule has 1 amide bonds. The van der Waals surface area contributed by atoms with Crippen molar-refractivity contribution in [2.75, 3.05) is 19.7 Å². The lowest BCUT2D eigenvalue weighted by Gasteiger charge is -2.36. The normalized spacial score (nSPS) is 27.8. The van der Waals surface area contributed by atoms with E-state index in [-0.39, 0.29) is 23.7 Å². The van der Waals surface area contributed by atoms with Crippen LogP contribution in [0.2, 0.25) is 0 Å². The Morgan fingerprint density at radius 2 is 1.88 bits per heavy atom. The van der Waals surface area contributed by atoms with Crippen molar-refractivity contribution in [3.8, 4) is 5.75 Å². The number of amides is 1. The molecule has 1 atom stereocenters. The largest absolute Gasteiger partial charge is 0.493 e. The van der Waals surface area contributed by atoms with Crippen molar-refractivity contribution in [2.45, 2.75) is 44.6 Å². The molecule has 0 bridgehead atoms. The van der Waals surface area contributed by atoms with E-state index in [9.17, 15) is 14.3 Å². The summed E-state index contributed by atoms with van der Waals surface area (Å²) < 4.78 is 18.7. The minimum absolute atomic E-state index is 0.0742. The molecular weight excluding hydrogens is 309 g/mol. The molecule has 1 aromatic rings. The molecule has 2 fully saturated rings. The van der Waals surface area contributed by atoms with Crippen molar-refractivity contribution in [3.63, 3.8) is 0 Å². The summed E-state index contributed by atoms with van der Waals surface area (Å²) in [6, 6.07) is 6.05. The van der Waals surface area contributed by atoms with Crippen LogP contribution in [0.3, 0.4) is 0 Å². The minimum Gasteiger partial charge on any atom is -0.493 e. The number of hydrogen-bond donors (Lipinski definition) is 1. The number of hydrogen-bond acceptors (Lipinski definition) is 3. The Hall–Kier alpha value is -1.62. The van der Waals surface area contributed by atoms with Crippen LogP contribution in [0.5, 0.6) is 5.75 Å². The summed E-state index contributed by atoms with van der Waals surface area (Å²) in [5.74, 6) is 1.04. The van der Waals surface area contributed by atoms with Crippen LogP contribution < -0.4 is 4.74 Å². The van der Waals surface area contributed by atoms with Gasteiger partial charge in [-0.2, -0.15) is 0 Å². The van der Waals surface area contributed by atoms with E-state index in [0.717, 1.165) is 51.6 Å². The molecule has 1 saturated carbocycles. The molecule has 1 heterocycles. The zero-order chi connectivity index (χ0) is 16.9. The van der Waals surface area contributed by atoms with Crippen molar-refractivity contribution in [2.24, 2.45) is 11.8 Å². The van der Waals surface area contributed by atoms with Crippen LogP contribution in [0.4, 0.5) is 4.39 Å². The molecule has 1 saturated heterocycles. The van der Waals surface area contributed by atoms with E-state index in [0.29, 0.717) is 18.3 Å². The lowest BCUT2D eigenvalue weighted by Crippen LogP contribution is -2.45. The molecule has 1 aliphatic carbocycles. The lowest BCUT2D eigenvalue weighted by molar-refractivity contribution is -0.139. The van der Waals surface area contributed by atoms with Crippen LogP contribution in [0.25, 0.3) is 0 Å². The van der Waals surface area contributed by atoms with Gasteiger partial charge in [-0.1, -0.05) is 0 Å². The molecule has 1 aliphatic heterocycles. The first kappa shape index (κ1) is 17.2. The zero-order valence-corrected chi connectivity index (χ0v) is 14.0. The Morgan fingerprint density at radius 1 is 1.17 bits per heavy atom. The predicted molar refractivity (Wildman–Crippen MR) is 89.2 cm³/mol. The Labute approximate surface area is 142 Å². The summed E-state index contributed by atoms with van der Waals surface area (Å²) in [7, 11) is 0. The number of benzene rings is 1. The second-order valence-corrected chi connectivity index (χ2v) is 7.06. The van der Waals surface area contributed by atoms with Crippen LogP contribution in [0, 0.1) is 17.7 Å². The van der Waals surface area contributed by atoms with E-state index in [1.54, 1.807) is 12.1 Å². The van der Waals surface area contributed by atoms with Gasteiger partial charge in [-0.3, -0.25) is 4.79 Å². The number of ether oxygens (including phenoxy) is 1. The van der Waals surface area contributed by atoms with Gasteiger partial charge in [0.15, 0.2) is 0 Å². The lowest BCUT2D eigenvalue weighted by atomic mass is 9.85. The molecule has 132 valence electrons. The van der Waals surface area contributed by atoms with E-state index in [1.807, 2.05) is 4.90 Å². The Balaban J connectivity index is 1.48. The number of carbonyl (C=O) groups is 1. The standard InChI is InChI=1S/C19H26FNO3/c20-16-5-9-18(10-6-16)24-13-14-2-1-11-21(12-14)19(23)15-3-7-17(22)8-4-15/h5-6,9-10,14-15,17,22H,1-4,7-8,11-13H2. The third-order valence-electron chi connectivity index (χ3n) is 5.18. The molecule has 4 nitrogen and oxygen atoms in total. The number of rotatable bonds is 4. The highest BCUT2D eigenvalue weighted by Gasteiger charge is 2.31. The van der Waals surface area contributed by atoms with E-state index < -0.39 is 0 Å². The fourth-order valence-electron chi connectivity index (χ4n) is 3.73. The van der Waals surface area contributed by atoms with Gasteiger partial charge in [-0.05, 0) is 62.8 Å². The molecule has 1 aromatic carbocycles. The van der Waals surface area contributed by atoms with Crippen molar-refractivity contribution >= 4 is 5.91 Å². The topological polar surface area (TPSA) is 49.8 Å². The number of piperidine rings is 1. The van der Waals surface area contributed by atoms with Crippen LogP contribution >= 0.6 is 0 Å². The van der Waals surface area contributed by atoms with Gasteiger partial charge >= 0.3 is 0 Å². The molecule has 1 unspecified atom stereocenters. The van der Waals surface area contributed by atoms with E-state index >= 15 is 0 Å². The highest BCUT2D eigenvalue weighted by molar-refractivity contribution is 5.79. The summed E-state index contributed by atoms with van der Waals surface area (Å²) >= 11 is 0. The highest BCUT2D eigenvalue weighted by atomic mass is 19.1. The summed E-state index contributed by atoms with van der Waals surface area (Å²) in [4.78, 5) is 14.7. The number of aliphatic hydroxyl groups excluding tert-OH is 1. The molecule has 0 radical (unpaired) electrons. The molecule has 1 N–H and O–H groups in total. The summed E-state index contributed by atoms with van der Waals surface area (Å²) in [6.45, 7) is 2.11. The van der Waals surface area contributed by atoms with Gasteiger partial charge in [0.25, 0.3) is 0 Å². The van der Waals surface area contributed by atoms with Crippen molar-refractivity contribution in [1.29, 1.82) is 0 Å². The third kappa shape index (κ3) is 4.47. The number of halogens is 1. The summed E-state index contributed by atoms with van der Waals surface area (Å²) in [6.07, 6.45) is 4.89. The number of carbonyl (C=O) groups excluding carboxylic acids is 1. The molecule has 0 aromatic heterocycles. The van der Waals surface area contributed by atoms with Gasteiger partial charge < -0.3 is 14.7 Å². The van der Waals surface area contributed by atoms with Gasteiger partial charge in [-0.25, -0.2) is 4.39 Å². The van der Waals surface area contributed by atoms with E-state index in [1.165, 1.54) is 12.1 Å². The third-order valence-corrected chi connectivity index (χ3v) is 5.18. The maximum absolute atomic E-state index is 12.9. The Morgan fingerprint density at radius 3 is 2.58 bits per heavy atom. The first-order chi connectivity index (χ1) is 11.6. The van der Waals surface area contributed by atoms with Crippen molar-refractivity contribution in [3.05, 3.63) is 30.1 Å². The van der Waals surface area contributed by atoms with Crippen molar-refractivity contribution in [1.82, 2.24) is 4.90 Å². The fourth-order valence-corrected chi connectivity index (χ4v) is 3.73. The average Bonchev–Trinajstić information content (AvgIpc) is 2.61. The maximum Gasteiger partial charge on any atom is 0.225 e. The van der Waals surface area contributed by atoms with Crippen LogP contribution in [-0.2, 0) is 4.79 Å². The quantitative estimate of drug-likeness (QED) is 0.920. The van der Waals surface area contributed by atoms with Gasteiger partial charge in [-0.15, -0.1) is 0 Å². The van der Waals surface area contributed by atoms with Crippen LogP contribution in [0.1, 0.15) is 38.5 Å². The van der Waals surface area contributed by atoms with Gasteiger partial charge in [0.2, 0.25) is 5.91 Å². The van der Waals surface area contributed by atoms with Crippen LogP contribution in [0.15, 0.2) is 24.3 Å². The highest BCUT2D eigenvalue weighted by Crippen LogP contribution is 2.28. The first-order valence-corrected chi connectivity index (χ1v) is 8.97. The van der Waals surface area contributed by atoms with Gasteiger partial charge in [0, 0.05) is 24.9 Å². The first-order valence-electron chi connectivity index (χ1n) is 8.97. The number of likely N-dealkylation sites (tertiary alicyclic amines) is 1. The summed E-state index contributed by atoms with van der Waals surface area (Å²) in [5, 5.41) is 9.59. The Bertz CT molecular complexity index is 540. The second-order valence-electron chi connectivity index (χ2n) is 7.06. The smallest absolute Gasteiger partial charge is 0.225 e. The van der Waals surface area contributed by atoms with E-state index in [2.05, 4.69) is 0 Å². The average molecular weight is 335 g/mol. The molecule has 2 aliphatic rings. The minimum atomic E-state index is -0.269. The fraction of sp³-hybridized carbons (Fsp3) is 0.632. The second kappa shape index (κ2) is 7.97. The van der Waals surface area contributed by atoms with E-state index in [4.69, 9.17) is 4.74 Å². The molecule has 3 rings (SSSR count). The molecule has 0 spiro atoms. The van der Waals surface area contributed by atoms with Crippen molar-refractivity contribution < 1.29 is 19.0 Å². The monoisotopic (exact) mass is 335 g/mol. The SMILES string of the molecule is O=C(C1CCC(O)CC1)N1CCCC(COc2ccc(F)cc2)C1. The zero-order valence-electron chi connectivity index (χ0n) is 14.0. The predicted octanol–water partition coefficient (Wildman–Crippen LogP) is 2.99. The Kier molecular flexibility index (Phi) is 5.72.